The molecule has 1 aliphatic heterocycles. The summed E-state index contributed by atoms with van der Waals surface area (Å²) >= 11 is 0. The van der Waals surface area contributed by atoms with Crippen molar-refractivity contribution in [2.24, 2.45) is 0 Å². The van der Waals surface area contributed by atoms with Gasteiger partial charge in [0.15, 0.2) is 0 Å². The summed E-state index contributed by atoms with van der Waals surface area (Å²) in [5.74, 6) is 0. The number of cyclic esters (lactones) is 1. The molecule has 2 aliphatic rings. The number of aromatic amines is 1. The number of hydrogen-bond donors (Lipinski definition) is 1. The molecule has 2 aromatic carbocycles. The van der Waals surface area contributed by atoms with E-state index in [1.165, 1.54) is 0 Å². The van der Waals surface area contributed by atoms with Crippen molar-refractivity contribution in [1.29, 1.82) is 5.26 Å². The Labute approximate surface area is 186 Å². The monoisotopic (exact) mass is 430 g/mol. The van der Waals surface area contributed by atoms with Gasteiger partial charge in [0.2, 0.25) is 0 Å². The third-order valence-corrected chi connectivity index (χ3v) is 6.88. The van der Waals surface area contributed by atoms with Crippen LogP contribution in [0.3, 0.4) is 0 Å². The lowest BCUT2D eigenvalue weighted by atomic mass is 9.86. The van der Waals surface area contributed by atoms with E-state index in [-0.39, 0.29) is 29.9 Å². The van der Waals surface area contributed by atoms with Crippen LogP contribution in [0.15, 0.2) is 53.3 Å². The van der Waals surface area contributed by atoms with E-state index >= 15 is 0 Å². The molecule has 1 saturated carbocycles. The summed E-state index contributed by atoms with van der Waals surface area (Å²) in [4.78, 5) is 30.4. The topological polar surface area (TPSA) is 91.1 Å². The Kier molecular flexibility index (Phi) is 4.81. The minimum absolute atomic E-state index is 0.0576. The van der Waals surface area contributed by atoms with Crippen LogP contribution in [0.25, 0.3) is 11.0 Å². The van der Waals surface area contributed by atoms with Gasteiger partial charge in [0.1, 0.15) is 5.60 Å². The van der Waals surface area contributed by atoms with Gasteiger partial charge in [0.05, 0.1) is 28.7 Å². The number of imidazole rings is 1. The Morgan fingerprint density at radius 2 is 1.72 bits per heavy atom. The Balaban J connectivity index is 1.39. The average molecular weight is 431 g/mol. The summed E-state index contributed by atoms with van der Waals surface area (Å²) in [6.07, 6.45) is 2.93. The molecule has 0 spiro atoms. The van der Waals surface area contributed by atoms with Crippen LogP contribution >= 0.6 is 0 Å². The van der Waals surface area contributed by atoms with Crippen molar-refractivity contribution in [3.63, 3.8) is 0 Å². The van der Waals surface area contributed by atoms with Crippen molar-refractivity contribution in [3.8, 4) is 6.07 Å². The van der Waals surface area contributed by atoms with Gasteiger partial charge >= 0.3 is 11.8 Å². The molecule has 0 unspecified atom stereocenters. The molecule has 3 aromatic rings. The van der Waals surface area contributed by atoms with Crippen molar-refractivity contribution >= 4 is 17.1 Å². The quantitative estimate of drug-likeness (QED) is 0.654. The molecule has 0 bridgehead atoms. The molecule has 2 heterocycles. The Morgan fingerprint density at radius 3 is 2.41 bits per heavy atom. The van der Waals surface area contributed by atoms with E-state index in [4.69, 9.17) is 10.00 Å². The standard InChI is InChI=1S/C25H26N4O3/c1-25(2)22(17-6-4-3-5-7-17)29(24(31)32-25)19-11-9-18(10-12-19)28-21-13-8-16(15-26)14-20(21)27-23(28)30/h3-8,13-14,18-19,22H,9-12H2,1-2H3,(H,27,30)/t18-,19-,22-/m0/s1. The lowest BCUT2D eigenvalue weighted by molar-refractivity contribution is 0.0662. The second-order valence-electron chi connectivity index (χ2n) is 9.30. The summed E-state index contributed by atoms with van der Waals surface area (Å²) < 4.78 is 7.59. The van der Waals surface area contributed by atoms with Gasteiger partial charge in [-0.05, 0) is 63.3 Å². The first-order valence-electron chi connectivity index (χ1n) is 11.1. The molecular formula is C25H26N4O3. The van der Waals surface area contributed by atoms with Crippen LogP contribution in [0.5, 0.6) is 0 Å². The van der Waals surface area contributed by atoms with Crippen LogP contribution < -0.4 is 5.69 Å². The van der Waals surface area contributed by atoms with E-state index < -0.39 is 5.60 Å². The molecule has 7 heteroatoms. The highest BCUT2D eigenvalue weighted by Gasteiger charge is 2.51. The molecule has 1 amide bonds. The van der Waals surface area contributed by atoms with E-state index in [0.717, 1.165) is 36.8 Å². The van der Waals surface area contributed by atoms with Gasteiger partial charge in [-0.25, -0.2) is 9.59 Å². The number of carbonyl (C=O) groups excluding carboxylic acids is 1. The molecule has 164 valence electrons. The van der Waals surface area contributed by atoms with Gasteiger partial charge in [0, 0.05) is 12.1 Å². The van der Waals surface area contributed by atoms with E-state index in [1.807, 2.05) is 59.7 Å². The molecule has 2 fully saturated rings. The highest BCUT2D eigenvalue weighted by Crippen LogP contribution is 2.45. The minimum atomic E-state index is -0.610. The predicted molar refractivity (Wildman–Crippen MR) is 120 cm³/mol. The lowest BCUT2D eigenvalue weighted by Crippen LogP contribution is -2.43. The molecule has 0 radical (unpaired) electrons. The maximum Gasteiger partial charge on any atom is 0.411 e. The van der Waals surface area contributed by atoms with Crippen LogP contribution in [-0.2, 0) is 4.74 Å². The number of carbonyl (C=O) groups is 1. The average Bonchev–Trinajstić information content (AvgIpc) is 3.24. The summed E-state index contributed by atoms with van der Waals surface area (Å²) in [7, 11) is 0. The van der Waals surface area contributed by atoms with Gasteiger partial charge in [-0.3, -0.25) is 9.47 Å². The Hall–Kier alpha value is -3.53. The number of ether oxygens (including phenoxy) is 1. The summed E-state index contributed by atoms with van der Waals surface area (Å²) in [5.41, 5.74) is 2.35. The molecule has 7 nitrogen and oxygen atoms in total. The number of rotatable bonds is 3. The minimum Gasteiger partial charge on any atom is -0.441 e. The molecule has 5 rings (SSSR count). The zero-order valence-corrected chi connectivity index (χ0v) is 18.2. The van der Waals surface area contributed by atoms with Gasteiger partial charge in [-0.15, -0.1) is 0 Å². The lowest BCUT2D eigenvalue weighted by Gasteiger charge is -2.38. The van der Waals surface area contributed by atoms with Crippen LogP contribution in [0, 0.1) is 11.3 Å². The number of fused-ring (bicyclic) bond motifs is 1. The SMILES string of the molecule is CC1(C)OC(=O)N([C@H]2CC[C@H](n3c(=O)[nH]c4cc(C#N)ccc43)CC2)[C@H]1c1ccccc1. The summed E-state index contributed by atoms with van der Waals surface area (Å²) in [6.45, 7) is 3.93. The second kappa shape index (κ2) is 7.56. The number of amides is 1. The van der Waals surface area contributed by atoms with Gasteiger partial charge < -0.3 is 9.72 Å². The molecule has 1 N–H and O–H groups in total. The fourth-order valence-electron chi connectivity index (χ4n) is 5.49. The van der Waals surface area contributed by atoms with Crippen molar-refractivity contribution in [1.82, 2.24) is 14.5 Å². The zero-order chi connectivity index (χ0) is 22.5. The smallest absolute Gasteiger partial charge is 0.411 e. The Bertz CT molecular complexity index is 1260. The number of hydrogen-bond acceptors (Lipinski definition) is 4. The zero-order valence-electron chi connectivity index (χ0n) is 18.2. The summed E-state index contributed by atoms with van der Waals surface area (Å²) in [5, 5.41) is 9.13. The van der Waals surface area contributed by atoms with Crippen molar-refractivity contribution in [2.45, 2.75) is 63.3 Å². The van der Waals surface area contributed by atoms with E-state index in [9.17, 15) is 9.59 Å². The van der Waals surface area contributed by atoms with Crippen LogP contribution in [0.4, 0.5) is 4.79 Å². The van der Waals surface area contributed by atoms with Gasteiger partial charge in [-0.2, -0.15) is 5.26 Å². The number of nitrogens with zero attached hydrogens (tertiary/aromatic N) is 3. The molecule has 1 atom stereocenters. The summed E-state index contributed by atoms with van der Waals surface area (Å²) in [6, 6.07) is 17.4. The van der Waals surface area contributed by atoms with Crippen molar-refractivity contribution in [2.75, 3.05) is 0 Å². The molecule has 1 saturated heterocycles. The van der Waals surface area contributed by atoms with Crippen molar-refractivity contribution < 1.29 is 9.53 Å². The number of benzene rings is 2. The predicted octanol–water partition coefficient (Wildman–Crippen LogP) is 4.66. The van der Waals surface area contributed by atoms with E-state index in [2.05, 4.69) is 11.1 Å². The van der Waals surface area contributed by atoms with Crippen LogP contribution in [-0.4, -0.2) is 32.2 Å². The first kappa shape index (κ1) is 20.4. The maximum atomic E-state index is 12.9. The maximum absolute atomic E-state index is 12.9. The number of nitrogens with one attached hydrogen (secondary N) is 1. The number of H-pyrrole nitrogens is 1. The van der Waals surface area contributed by atoms with Gasteiger partial charge in [0.25, 0.3) is 0 Å². The van der Waals surface area contributed by atoms with Crippen LogP contribution in [0.2, 0.25) is 0 Å². The molecule has 1 aliphatic carbocycles. The normalized spacial score (nSPS) is 25.0. The Morgan fingerprint density at radius 1 is 1.03 bits per heavy atom. The largest absolute Gasteiger partial charge is 0.441 e. The third kappa shape index (κ3) is 3.27. The molecule has 32 heavy (non-hydrogen) atoms. The third-order valence-electron chi connectivity index (χ3n) is 6.88. The van der Waals surface area contributed by atoms with E-state index in [1.54, 1.807) is 12.1 Å². The fourth-order valence-corrected chi connectivity index (χ4v) is 5.49. The fraction of sp³-hybridized carbons (Fsp3) is 0.400. The van der Waals surface area contributed by atoms with Crippen molar-refractivity contribution in [3.05, 3.63) is 70.1 Å². The van der Waals surface area contributed by atoms with Crippen LogP contribution in [0.1, 0.15) is 62.7 Å². The first-order chi connectivity index (χ1) is 15.4. The first-order valence-corrected chi connectivity index (χ1v) is 11.1. The molecular weight excluding hydrogens is 404 g/mol. The number of aromatic nitrogens is 2. The highest BCUT2D eigenvalue weighted by molar-refractivity contribution is 5.77. The molecule has 1 aromatic heterocycles. The highest BCUT2D eigenvalue weighted by atomic mass is 16.6. The number of nitriles is 1. The van der Waals surface area contributed by atoms with Gasteiger partial charge in [-0.1, -0.05) is 30.3 Å². The van der Waals surface area contributed by atoms with E-state index in [0.29, 0.717) is 11.1 Å². The second-order valence-corrected chi connectivity index (χ2v) is 9.30.